The van der Waals surface area contributed by atoms with E-state index in [1.807, 2.05) is 0 Å². The van der Waals surface area contributed by atoms with Gasteiger partial charge in [-0.05, 0) is 6.92 Å². The lowest BCUT2D eigenvalue weighted by Crippen LogP contribution is -2.39. The highest BCUT2D eigenvalue weighted by Crippen LogP contribution is 1.83. The third-order valence-corrected chi connectivity index (χ3v) is 1.65. The number of amides is 2. The summed E-state index contributed by atoms with van der Waals surface area (Å²) in [5.74, 6) is -1.08. The van der Waals surface area contributed by atoms with Gasteiger partial charge in [0.25, 0.3) is 0 Å². The van der Waals surface area contributed by atoms with Gasteiger partial charge in [0.1, 0.15) is 6.54 Å². The molecular formula is C9H16N2O4. The molecular weight excluding hydrogens is 200 g/mol. The predicted octanol–water partition coefficient (Wildman–Crippen LogP) is -0.856. The first kappa shape index (κ1) is 13.4. The number of likely N-dealkylation sites (N-methyl/N-ethyl adjacent to an activating group) is 1. The highest BCUT2D eigenvalue weighted by Gasteiger charge is 2.10. The molecule has 0 rings (SSSR count). The highest BCUT2D eigenvalue weighted by atomic mass is 16.5. The lowest BCUT2D eigenvalue weighted by molar-refractivity contribution is -0.143. The van der Waals surface area contributed by atoms with Gasteiger partial charge in [-0.1, -0.05) is 0 Å². The van der Waals surface area contributed by atoms with Crippen molar-refractivity contribution >= 4 is 17.8 Å². The van der Waals surface area contributed by atoms with Crippen molar-refractivity contribution in [3.63, 3.8) is 0 Å². The van der Waals surface area contributed by atoms with Gasteiger partial charge < -0.3 is 15.0 Å². The summed E-state index contributed by atoms with van der Waals surface area (Å²) in [6, 6.07) is 0. The Morgan fingerprint density at radius 2 is 1.93 bits per heavy atom. The Kier molecular flexibility index (Phi) is 6.08. The molecule has 0 saturated carbocycles. The first-order valence-corrected chi connectivity index (χ1v) is 4.61. The van der Waals surface area contributed by atoms with Gasteiger partial charge >= 0.3 is 5.97 Å². The second-order valence-corrected chi connectivity index (χ2v) is 2.96. The van der Waals surface area contributed by atoms with Crippen LogP contribution in [0.1, 0.15) is 13.8 Å². The quantitative estimate of drug-likeness (QED) is 0.607. The van der Waals surface area contributed by atoms with E-state index < -0.39 is 5.97 Å². The molecule has 0 radical (unpaired) electrons. The molecule has 0 aromatic heterocycles. The van der Waals surface area contributed by atoms with E-state index in [1.54, 1.807) is 6.92 Å². The van der Waals surface area contributed by atoms with Crippen LogP contribution in [0, 0.1) is 0 Å². The Labute approximate surface area is 88.6 Å². The maximum Gasteiger partial charge on any atom is 0.325 e. The molecule has 15 heavy (non-hydrogen) atoms. The average molecular weight is 216 g/mol. The maximum atomic E-state index is 11.2. The van der Waals surface area contributed by atoms with Crippen molar-refractivity contribution in [3.05, 3.63) is 0 Å². The number of rotatable bonds is 5. The normalized spacial score (nSPS) is 9.27. The number of ether oxygens (including phenoxy) is 1. The molecule has 0 aromatic rings. The van der Waals surface area contributed by atoms with E-state index in [0.717, 1.165) is 0 Å². The minimum Gasteiger partial charge on any atom is -0.465 e. The molecule has 2 amide bonds. The second kappa shape index (κ2) is 6.80. The Morgan fingerprint density at radius 1 is 1.33 bits per heavy atom. The van der Waals surface area contributed by atoms with Gasteiger partial charge in [0.2, 0.25) is 11.8 Å². The summed E-state index contributed by atoms with van der Waals surface area (Å²) in [5.41, 5.74) is 0. The summed E-state index contributed by atoms with van der Waals surface area (Å²) < 4.78 is 4.61. The molecule has 0 fully saturated rings. The number of nitrogens with one attached hydrogen (secondary N) is 1. The van der Waals surface area contributed by atoms with E-state index in [2.05, 4.69) is 10.1 Å². The van der Waals surface area contributed by atoms with Gasteiger partial charge in [0, 0.05) is 14.0 Å². The lowest BCUT2D eigenvalue weighted by Gasteiger charge is -2.13. The van der Waals surface area contributed by atoms with Gasteiger partial charge in [-0.2, -0.15) is 0 Å². The number of carbonyl (C=O) groups excluding carboxylic acids is 3. The molecule has 0 bridgehead atoms. The SMILES string of the molecule is CCOC(=O)CNC(=O)CN(C)C(C)=O. The Bertz CT molecular complexity index is 252. The third kappa shape index (κ3) is 6.48. The van der Waals surface area contributed by atoms with Crippen LogP contribution in [-0.2, 0) is 19.1 Å². The summed E-state index contributed by atoms with van der Waals surface area (Å²) in [5, 5.41) is 2.35. The molecule has 0 saturated heterocycles. The van der Waals surface area contributed by atoms with Crippen LogP contribution in [0.25, 0.3) is 0 Å². The fraction of sp³-hybridized carbons (Fsp3) is 0.667. The number of carbonyl (C=O) groups is 3. The van der Waals surface area contributed by atoms with E-state index in [0.29, 0.717) is 0 Å². The minimum atomic E-state index is -0.490. The number of nitrogens with zero attached hydrogens (tertiary/aromatic N) is 1. The summed E-state index contributed by atoms with van der Waals surface area (Å²) in [4.78, 5) is 34.0. The number of hydrogen-bond acceptors (Lipinski definition) is 4. The third-order valence-electron chi connectivity index (χ3n) is 1.65. The molecule has 6 nitrogen and oxygen atoms in total. The van der Waals surface area contributed by atoms with Gasteiger partial charge in [-0.25, -0.2) is 0 Å². The molecule has 0 unspecified atom stereocenters. The molecule has 0 aliphatic heterocycles. The molecule has 86 valence electrons. The van der Waals surface area contributed by atoms with E-state index in [4.69, 9.17) is 0 Å². The van der Waals surface area contributed by atoms with Crippen LogP contribution < -0.4 is 5.32 Å². The topological polar surface area (TPSA) is 75.7 Å². The van der Waals surface area contributed by atoms with Crippen molar-refractivity contribution in [3.8, 4) is 0 Å². The van der Waals surface area contributed by atoms with Crippen LogP contribution in [0.15, 0.2) is 0 Å². The van der Waals surface area contributed by atoms with Gasteiger partial charge in [0.05, 0.1) is 13.2 Å². The Balaban J connectivity index is 3.75. The fourth-order valence-electron chi connectivity index (χ4n) is 0.765. The van der Waals surface area contributed by atoms with Gasteiger partial charge in [0.15, 0.2) is 0 Å². The van der Waals surface area contributed by atoms with Crippen LogP contribution in [0.5, 0.6) is 0 Å². The molecule has 0 atom stereocenters. The minimum absolute atomic E-state index is 0.0608. The van der Waals surface area contributed by atoms with Crippen molar-refractivity contribution < 1.29 is 19.1 Å². The van der Waals surface area contributed by atoms with Crippen LogP contribution >= 0.6 is 0 Å². The maximum absolute atomic E-state index is 11.2. The van der Waals surface area contributed by atoms with E-state index in [1.165, 1.54) is 18.9 Å². The largest absolute Gasteiger partial charge is 0.465 e. The van der Waals surface area contributed by atoms with Crippen LogP contribution in [-0.4, -0.2) is 49.4 Å². The molecule has 6 heteroatoms. The van der Waals surface area contributed by atoms with Crippen LogP contribution in [0.2, 0.25) is 0 Å². The Morgan fingerprint density at radius 3 is 2.40 bits per heavy atom. The molecule has 0 aliphatic rings. The molecule has 0 spiro atoms. The summed E-state index contributed by atoms with van der Waals surface area (Å²) in [6.45, 7) is 3.09. The van der Waals surface area contributed by atoms with E-state index in [-0.39, 0.29) is 31.5 Å². The second-order valence-electron chi connectivity index (χ2n) is 2.96. The zero-order valence-corrected chi connectivity index (χ0v) is 9.20. The molecule has 0 aliphatic carbocycles. The summed E-state index contributed by atoms with van der Waals surface area (Å²) in [7, 11) is 1.51. The van der Waals surface area contributed by atoms with Gasteiger partial charge in [-0.15, -0.1) is 0 Å². The average Bonchev–Trinajstić information content (AvgIpc) is 2.15. The molecule has 0 heterocycles. The summed E-state index contributed by atoms with van der Waals surface area (Å²) in [6.07, 6.45) is 0. The fourth-order valence-corrected chi connectivity index (χ4v) is 0.765. The van der Waals surface area contributed by atoms with E-state index >= 15 is 0 Å². The zero-order valence-electron chi connectivity index (χ0n) is 9.20. The highest BCUT2D eigenvalue weighted by molar-refractivity contribution is 5.86. The predicted molar refractivity (Wildman–Crippen MR) is 53.0 cm³/mol. The summed E-state index contributed by atoms with van der Waals surface area (Å²) >= 11 is 0. The van der Waals surface area contributed by atoms with Crippen LogP contribution in [0.4, 0.5) is 0 Å². The van der Waals surface area contributed by atoms with Crippen LogP contribution in [0.3, 0.4) is 0 Å². The molecule has 0 aromatic carbocycles. The first-order valence-electron chi connectivity index (χ1n) is 4.61. The standard InChI is InChI=1S/C9H16N2O4/c1-4-15-9(14)5-10-8(13)6-11(3)7(2)12/h4-6H2,1-3H3,(H,10,13). The van der Waals surface area contributed by atoms with Crippen molar-refractivity contribution in [1.29, 1.82) is 0 Å². The van der Waals surface area contributed by atoms with Crippen molar-refractivity contribution in [2.24, 2.45) is 0 Å². The Hall–Kier alpha value is -1.59. The molecule has 1 N–H and O–H groups in total. The first-order chi connectivity index (χ1) is 6.97. The number of hydrogen-bond donors (Lipinski definition) is 1. The van der Waals surface area contributed by atoms with Crippen molar-refractivity contribution in [2.75, 3.05) is 26.7 Å². The smallest absolute Gasteiger partial charge is 0.325 e. The van der Waals surface area contributed by atoms with E-state index in [9.17, 15) is 14.4 Å². The lowest BCUT2D eigenvalue weighted by atomic mass is 10.5. The van der Waals surface area contributed by atoms with Crippen molar-refractivity contribution in [1.82, 2.24) is 10.2 Å². The van der Waals surface area contributed by atoms with Crippen molar-refractivity contribution in [2.45, 2.75) is 13.8 Å². The van der Waals surface area contributed by atoms with Gasteiger partial charge in [-0.3, -0.25) is 14.4 Å². The number of esters is 1. The monoisotopic (exact) mass is 216 g/mol. The zero-order chi connectivity index (χ0) is 11.8.